The third kappa shape index (κ3) is 9.60. The highest BCUT2D eigenvalue weighted by atomic mass is 32.2. The van der Waals surface area contributed by atoms with E-state index in [4.69, 9.17) is 0 Å². The minimum Gasteiger partial charge on any atom is -0.748 e. The molecule has 0 N–H and O–H groups in total. The predicted molar refractivity (Wildman–Crippen MR) is 71.0 cm³/mol. The Kier molecular flexibility index (Phi) is 9.84. The van der Waals surface area contributed by atoms with Crippen molar-refractivity contribution in [2.75, 3.05) is 0 Å². The van der Waals surface area contributed by atoms with E-state index >= 15 is 0 Å². The van der Waals surface area contributed by atoms with E-state index in [1.54, 1.807) is 0 Å². The molecular formula is C13H27O3S-. The van der Waals surface area contributed by atoms with Crippen LogP contribution in [0.5, 0.6) is 0 Å². The van der Waals surface area contributed by atoms with Crippen molar-refractivity contribution in [2.24, 2.45) is 0 Å². The van der Waals surface area contributed by atoms with Crippen LogP contribution in [0.25, 0.3) is 0 Å². The summed E-state index contributed by atoms with van der Waals surface area (Å²) >= 11 is 0. The zero-order valence-corrected chi connectivity index (χ0v) is 12.1. The molecule has 0 unspecified atom stereocenters. The molecule has 0 saturated carbocycles. The van der Waals surface area contributed by atoms with Gasteiger partial charge in [-0.2, -0.15) is 0 Å². The first-order valence-corrected chi connectivity index (χ1v) is 8.44. The molecule has 0 saturated heterocycles. The van der Waals surface area contributed by atoms with Gasteiger partial charge in [0.1, 0.15) is 0 Å². The summed E-state index contributed by atoms with van der Waals surface area (Å²) in [5.74, 6) is 0. The minimum absolute atomic E-state index is 0.554. The van der Waals surface area contributed by atoms with E-state index in [0.717, 1.165) is 51.4 Å². The Labute approximate surface area is 107 Å². The maximum Gasteiger partial charge on any atom is 0.0975 e. The Morgan fingerprint density at radius 3 is 1.53 bits per heavy atom. The number of hydrogen-bond acceptors (Lipinski definition) is 3. The molecule has 0 aliphatic rings. The van der Waals surface area contributed by atoms with Crippen LogP contribution in [-0.2, 0) is 10.1 Å². The van der Waals surface area contributed by atoms with Crippen molar-refractivity contribution in [1.29, 1.82) is 0 Å². The standard InChI is InChI=1S/C13H28O3S/c1-3-5-7-9-11-13(17(14,15)16)12-10-8-6-4-2/h13H,3-12H2,1-2H3,(H,14,15,16)/p-1. The third-order valence-electron chi connectivity index (χ3n) is 3.17. The number of unbranched alkanes of at least 4 members (excludes halogenated alkanes) is 6. The van der Waals surface area contributed by atoms with Crippen LogP contribution in [0.2, 0.25) is 0 Å². The van der Waals surface area contributed by atoms with E-state index in [9.17, 15) is 13.0 Å². The lowest BCUT2D eigenvalue weighted by Gasteiger charge is -2.20. The monoisotopic (exact) mass is 263 g/mol. The molecule has 0 aromatic heterocycles. The second-order valence-electron chi connectivity index (χ2n) is 4.81. The second-order valence-corrected chi connectivity index (χ2v) is 6.47. The lowest BCUT2D eigenvalue weighted by molar-refractivity contribution is 0.429. The Bertz CT molecular complexity index is 248. The number of rotatable bonds is 11. The lowest BCUT2D eigenvalue weighted by atomic mass is 10.1. The molecule has 104 valence electrons. The normalized spacial score (nSPS) is 12.2. The van der Waals surface area contributed by atoms with E-state index in [1.807, 2.05) is 0 Å². The van der Waals surface area contributed by atoms with Gasteiger partial charge in [-0.25, -0.2) is 8.42 Å². The Hall–Kier alpha value is -0.0900. The lowest BCUT2D eigenvalue weighted by Crippen LogP contribution is -2.20. The average molecular weight is 263 g/mol. The molecule has 0 aliphatic heterocycles. The molecule has 0 amide bonds. The molecular weight excluding hydrogens is 236 g/mol. The maximum atomic E-state index is 11.1. The largest absolute Gasteiger partial charge is 0.748 e. The van der Waals surface area contributed by atoms with Crippen LogP contribution in [0.15, 0.2) is 0 Å². The Morgan fingerprint density at radius 1 is 0.824 bits per heavy atom. The fourth-order valence-electron chi connectivity index (χ4n) is 2.03. The molecule has 0 fully saturated rings. The quantitative estimate of drug-likeness (QED) is 0.420. The summed E-state index contributed by atoms with van der Waals surface area (Å²) in [6, 6.07) is 0. The molecule has 0 aromatic carbocycles. The molecule has 0 spiro atoms. The highest BCUT2D eigenvalue weighted by Gasteiger charge is 2.15. The van der Waals surface area contributed by atoms with Crippen LogP contribution in [0, 0.1) is 0 Å². The van der Waals surface area contributed by atoms with E-state index in [2.05, 4.69) is 13.8 Å². The second kappa shape index (κ2) is 9.89. The van der Waals surface area contributed by atoms with Crippen LogP contribution in [0.3, 0.4) is 0 Å². The van der Waals surface area contributed by atoms with Gasteiger partial charge in [0, 0.05) is 5.25 Å². The highest BCUT2D eigenvalue weighted by Crippen LogP contribution is 2.18. The van der Waals surface area contributed by atoms with Gasteiger partial charge in [-0.1, -0.05) is 65.2 Å². The van der Waals surface area contributed by atoms with Crippen LogP contribution in [0.1, 0.15) is 78.1 Å². The maximum absolute atomic E-state index is 11.1. The first kappa shape index (κ1) is 16.9. The van der Waals surface area contributed by atoms with Gasteiger partial charge in [0.05, 0.1) is 10.1 Å². The van der Waals surface area contributed by atoms with Gasteiger partial charge in [-0.3, -0.25) is 0 Å². The number of hydrogen-bond donors (Lipinski definition) is 0. The fraction of sp³-hybridized carbons (Fsp3) is 1.00. The summed E-state index contributed by atoms with van der Waals surface area (Å²) in [7, 11) is -4.09. The van der Waals surface area contributed by atoms with Crippen molar-refractivity contribution in [3.63, 3.8) is 0 Å². The Balaban J connectivity index is 3.90. The molecule has 0 bridgehead atoms. The SMILES string of the molecule is CCCCCCC(CCCCCC)S(=O)(=O)[O-]. The summed E-state index contributed by atoms with van der Waals surface area (Å²) in [5, 5.41) is -0.642. The van der Waals surface area contributed by atoms with Gasteiger partial charge in [-0.15, -0.1) is 0 Å². The van der Waals surface area contributed by atoms with Crippen LogP contribution < -0.4 is 0 Å². The van der Waals surface area contributed by atoms with Crippen LogP contribution in [-0.4, -0.2) is 18.2 Å². The zero-order chi connectivity index (χ0) is 13.1. The van der Waals surface area contributed by atoms with Gasteiger partial charge in [0.2, 0.25) is 0 Å². The summed E-state index contributed by atoms with van der Waals surface area (Å²) in [5.41, 5.74) is 0. The molecule has 0 rings (SSSR count). The summed E-state index contributed by atoms with van der Waals surface area (Å²) in [6.45, 7) is 4.24. The molecule has 0 aromatic rings. The summed E-state index contributed by atoms with van der Waals surface area (Å²) in [6.07, 6.45) is 9.44. The van der Waals surface area contributed by atoms with Crippen molar-refractivity contribution < 1.29 is 13.0 Å². The fourth-order valence-corrected chi connectivity index (χ4v) is 2.94. The van der Waals surface area contributed by atoms with Crippen molar-refractivity contribution in [2.45, 2.75) is 83.3 Å². The highest BCUT2D eigenvalue weighted by molar-refractivity contribution is 7.86. The van der Waals surface area contributed by atoms with Crippen molar-refractivity contribution in [3.05, 3.63) is 0 Å². The minimum atomic E-state index is -4.09. The van der Waals surface area contributed by atoms with Crippen molar-refractivity contribution >= 4 is 10.1 Å². The first-order chi connectivity index (χ1) is 8.02. The van der Waals surface area contributed by atoms with Crippen molar-refractivity contribution in [3.8, 4) is 0 Å². The molecule has 0 heterocycles. The molecule has 3 nitrogen and oxygen atoms in total. The van der Waals surface area contributed by atoms with Crippen molar-refractivity contribution in [1.82, 2.24) is 0 Å². The molecule has 0 radical (unpaired) electrons. The molecule has 17 heavy (non-hydrogen) atoms. The van der Waals surface area contributed by atoms with Crippen LogP contribution in [0.4, 0.5) is 0 Å². The van der Waals surface area contributed by atoms with Gasteiger partial charge in [-0.05, 0) is 12.8 Å². The zero-order valence-electron chi connectivity index (χ0n) is 11.3. The average Bonchev–Trinajstić information content (AvgIpc) is 2.25. The molecule has 0 atom stereocenters. The summed E-state index contributed by atoms with van der Waals surface area (Å²) in [4.78, 5) is 0. The molecule has 4 heteroatoms. The van der Waals surface area contributed by atoms with Gasteiger partial charge >= 0.3 is 0 Å². The summed E-state index contributed by atoms with van der Waals surface area (Å²) < 4.78 is 33.3. The smallest absolute Gasteiger partial charge is 0.0975 e. The first-order valence-electron chi connectivity index (χ1n) is 6.97. The van der Waals surface area contributed by atoms with E-state index in [1.165, 1.54) is 0 Å². The van der Waals surface area contributed by atoms with Gasteiger partial charge < -0.3 is 4.55 Å². The van der Waals surface area contributed by atoms with Crippen LogP contribution >= 0.6 is 0 Å². The topological polar surface area (TPSA) is 57.2 Å². The van der Waals surface area contributed by atoms with Gasteiger partial charge in [0.25, 0.3) is 0 Å². The Morgan fingerprint density at radius 2 is 1.24 bits per heavy atom. The third-order valence-corrected chi connectivity index (χ3v) is 4.46. The van der Waals surface area contributed by atoms with E-state index in [-0.39, 0.29) is 0 Å². The predicted octanol–water partition coefficient (Wildman–Crippen LogP) is 3.84. The van der Waals surface area contributed by atoms with E-state index < -0.39 is 15.4 Å². The van der Waals surface area contributed by atoms with Gasteiger partial charge in [0.15, 0.2) is 0 Å². The molecule has 0 aliphatic carbocycles. The van der Waals surface area contributed by atoms with E-state index in [0.29, 0.717) is 12.8 Å².